The Hall–Kier alpha value is -3.10. The first-order valence-electron chi connectivity index (χ1n) is 9.01. The van der Waals surface area contributed by atoms with E-state index in [1.807, 2.05) is 0 Å². The van der Waals surface area contributed by atoms with Gasteiger partial charge in [0.1, 0.15) is 5.60 Å². The summed E-state index contributed by atoms with van der Waals surface area (Å²) < 4.78 is 5.05. The molecule has 154 valence electrons. The molecule has 1 rings (SSSR count). The van der Waals surface area contributed by atoms with E-state index >= 15 is 0 Å². The van der Waals surface area contributed by atoms with E-state index in [-0.39, 0.29) is 50.3 Å². The Kier molecular flexibility index (Phi) is 9.49. The minimum Gasteiger partial charge on any atom is -0.444 e. The molecule has 0 saturated carbocycles. The molecule has 0 spiro atoms. The summed E-state index contributed by atoms with van der Waals surface area (Å²) in [6.45, 7) is 5.72. The minimum absolute atomic E-state index is 0.0975. The highest BCUT2D eigenvalue weighted by Crippen LogP contribution is 2.06. The third-order valence-electron chi connectivity index (χ3n) is 3.24. The smallest absolute Gasteiger partial charge is 0.407 e. The molecule has 4 amide bonds. The second kappa shape index (κ2) is 11.6. The van der Waals surface area contributed by atoms with Crippen molar-refractivity contribution in [3.8, 4) is 0 Å². The summed E-state index contributed by atoms with van der Waals surface area (Å²) >= 11 is 0. The lowest BCUT2D eigenvalue weighted by Gasteiger charge is -2.19. The van der Waals surface area contributed by atoms with Crippen LogP contribution in [0.2, 0.25) is 0 Å². The molecule has 0 aliphatic heterocycles. The Morgan fingerprint density at radius 1 is 0.821 bits per heavy atom. The van der Waals surface area contributed by atoms with Gasteiger partial charge in [0, 0.05) is 31.6 Å². The Morgan fingerprint density at radius 3 is 2.04 bits per heavy atom. The van der Waals surface area contributed by atoms with Gasteiger partial charge in [-0.05, 0) is 32.9 Å². The van der Waals surface area contributed by atoms with Crippen molar-refractivity contribution in [2.24, 2.45) is 0 Å². The highest BCUT2D eigenvalue weighted by molar-refractivity contribution is 5.96. The van der Waals surface area contributed by atoms with Crippen molar-refractivity contribution in [1.82, 2.24) is 21.3 Å². The largest absolute Gasteiger partial charge is 0.444 e. The number of hydrogen-bond donors (Lipinski definition) is 4. The fourth-order valence-electron chi connectivity index (χ4n) is 2.00. The van der Waals surface area contributed by atoms with Gasteiger partial charge >= 0.3 is 6.09 Å². The average Bonchev–Trinajstić information content (AvgIpc) is 2.62. The Labute approximate surface area is 164 Å². The number of nitrogens with one attached hydrogen (secondary N) is 4. The van der Waals surface area contributed by atoms with E-state index in [1.54, 1.807) is 51.1 Å². The molecule has 0 aliphatic carbocycles. The minimum atomic E-state index is -0.592. The molecule has 9 heteroatoms. The van der Waals surface area contributed by atoms with Crippen molar-refractivity contribution in [1.29, 1.82) is 0 Å². The van der Waals surface area contributed by atoms with Crippen LogP contribution in [0.4, 0.5) is 4.79 Å². The monoisotopic (exact) mass is 392 g/mol. The molecule has 4 N–H and O–H groups in total. The maximum absolute atomic E-state index is 11.8. The molecule has 28 heavy (non-hydrogen) atoms. The zero-order valence-corrected chi connectivity index (χ0v) is 16.5. The van der Waals surface area contributed by atoms with Crippen molar-refractivity contribution in [3.63, 3.8) is 0 Å². The molecule has 0 unspecified atom stereocenters. The molecule has 9 nitrogen and oxygen atoms in total. The lowest BCUT2D eigenvalue weighted by Crippen LogP contribution is -2.41. The number of carbonyl (C=O) groups is 4. The predicted molar refractivity (Wildman–Crippen MR) is 104 cm³/mol. The summed E-state index contributed by atoms with van der Waals surface area (Å²) in [5.41, 5.74) is -0.118. The molecule has 0 radical (unpaired) electrons. The van der Waals surface area contributed by atoms with E-state index in [0.29, 0.717) is 5.56 Å². The van der Waals surface area contributed by atoms with E-state index in [4.69, 9.17) is 4.74 Å². The molecular weight excluding hydrogens is 364 g/mol. The van der Waals surface area contributed by atoms with E-state index in [9.17, 15) is 19.2 Å². The highest BCUT2D eigenvalue weighted by atomic mass is 16.6. The van der Waals surface area contributed by atoms with Gasteiger partial charge in [-0.1, -0.05) is 18.2 Å². The van der Waals surface area contributed by atoms with Crippen molar-refractivity contribution in [2.45, 2.75) is 32.8 Å². The SMILES string of the molecule is CC(C)(C)OC(=O)NCCC(=O)NCCNC(=O)CNC(=O)c1ccccc1. The van der Waals surface area contributed by atoms with Crippen LogP contribution in [0.1, 0.15) is 37.6 Å². The Morgan fingerprint density at radius 2 is 1.43 bits per heavy atom. The van der Waals surface area contributed by atoms with Gasteiger partial charge in [-0.15, -0.1) is 0 Å². The van der Waals surface area contributed by atoms with Gasteiger partial charge in [-0.3, -0.25) is 14.4 Å². The van der Waals surface area contributed by atoms with Crippen molar-refractivity contribution in [2.75, 3.05) is 26.2 Å². The molecule has 1 aromatic rings. The molecule has 0 aromatic heterocycles. The molecule has 0 atom stereocenters. The number of rotatable bonds is 9. The summed E-state index contributed by atoms with van der Waals surface area (Å²) in [7, 11) is 0. The van der Waals surface area contributed by atoms with Crippen LogP contribution in [0, 0.1) is 0 Å². The van der Waals surface area contributed by atoms with Crippen LogP contribution in [-0.2, 0) is 14.3 Å². The molecular formula is C19H28N4O5. The summed E-state index contributed by atoms with van der Waals surface area (Å²) in [6.07, 6.45) is -0.481. The van der Waals surface area contributed by atoms with Crippen LogP contribution in [0.3, 0.4) is 0 Å². The normalized spacial score (nSPS) is 10.5. The summed E-state index contributed by atoms with van der Waals surface area (Å²) in [4.78, 5) is 46.6. The van der Waals surface area contributed by atoms with Crippen LogP contribution >= 0.6 is 0 Å². The summed E-state index contributed by atoms with van der Waals surface area (Å²) in [5, 5.41) is 10.2. The van der Waals surface area contributed by atoms with E-state index in [0.717, 1.165) is 0 Å². The lowest BCUT2D eigenvalue weighted by atomic mass is 10.2. The van der Waals surface area contributed by atoms with E-state index in [2.05, 4.69) is 21.3 Å². The van der Waals surface area contributed by atoms with Crippen molar-refractivity contribution in [3.05, 3.63) is 35.9 Å². The molecule has 0 heterocycles. The second-order valence-corrected chi connectivity index (χ2v) is 6.93. The molecule has 0 aliphatic rings. The van der Waals surface area contributed by atoms with Gasteiger partial charge in [-0.2, -0.15) is 0 Å². The van der Waals surface area contributed by atoms with Crippen LogP contribution in [0.15, 0.2) is 30.3 Å². The van der Waals surface area contributed by atoms with Crippen LogP contribution in [0.25, 0.3) is 0 Å². The number of ether oxygens (including phenoxy) is 1. The van der Waals surface area contributed by atoms with Gasteiger partial charge < -0.3 is 26.0 Å². The lowest BCUT2D eigenvalue weighted by molar-refractivity contribution is -0.122. The predicted octanol–water partition coefficient (Wildman–Crippen LogP) is 0.564. The number of alkyl carbamates (subject to hydrolysis) is 1. The van der Waals surface area contributed by atoms with Gasteiger partial charge in [0.05, 0.1) is 6.54 Å². The highest BCUT2D eigenvalue weighted by Gasteiger charge is 2.15. The second-order valence-electron chi connectivity index (χ2n) is 6.93. The number of carbonyl (C=O) groups excluding carboxylic acids is 4. The third kappa shape index (κ3) is 10.8. The Balaban J connectivity index is 2.08. The van der Waals surface area contributed by atoms with E-state index in [1.165, 1.54) is 0 Å². The number of amides is 4. The van der Waals surface area contributed by atoms with E-state index < -0.39 is 11.7 Å². The first-order valence-corrected chi connectivity index (χ1v) is 9.01. The fraction of sp³-hybridized carbons (Fsp3) is 0.474. The maximum Gasteiger partial charge on any atom is 0.407 e. The Bertz CT molecular complexity index is 671. The van der Waals surface area contributed by atoms with Crippen molar-refractivity contribution >= 4 is 23.8 Å². The quantitative estimate of drug-likeness (QED) is 0.457. The first kappa shape index (κ1) is 22.9. The van der Waals surface area contributed by atoms with Crippen LogP contribution in [0.5, 0.6) is 0 Å². The zero-order chi connectivity index (χ0) is 21.0. The maximum atomic E-state index is 11.8. The van der Waals surface area contributed by atoms with Crippen molar-refractivity contribution < 1.29 is 23.9 Å². The van der Waals surface area contributed by atoms with Gasteiger partial charge in [0.2, 0.25) is 11.8 Å². The third-order valence-corrected chi connectivity index (χ3v) is 3.24. The molecule has 0 saturated heterocycles. The molecule has 1 aromatic carbocycles. The number of benzene rings is 1. The van der Waals surface area contributed by atoms with Gasteiger partial charge in [-0.25, -0.2) is 4.79 Å². The molecule has 0 bridgehead atoms. The fourth-order valence-corrected chi connectivity index (χ4v) is 2.00. The van der Waals surface area contributed by atoms with Crippen LogP contribution in [-0.4, -0.2) is 55.6 Å². The standard InChI is InChI=1S/C19H28N4O5/c1-19(2,3)28-18(27)22-10-9-15(24)20-11-12-21-16(25)13-23-17(26)14-7-5-4-6-8-14/h4-8H,9-13H2,1-3H3,(H,20,24)(H,21,25)(H,22,27)(H,23,26). The molecule has 0 fully saturated rings. The summed E-state index contributed by atoms with van der Waals surface area (Å²) in [6, 6.07) is 8.58. The summed E-state index contributed by atoms with van der Waals surface area (Å²) in [5.74, 6) is -0.950. The van der Waals surface area contributed by atoms with Gasteiger partial charge in [0.25, 0.3) is 5.91 Å². The van der Waals surface area contributed by atoms with Gasteiger partial charge in [0.15, 0.2) is 0 Å². The zero-order valence-electron chi connectivity index (χ0n) is 16.5. The first-order chi connectivity index (χ1) is 13.2. The topological polar surface area (TPSA) is 126 Å². The number of hydrogen-bond acceptors (Lipinski definition) is 5. The average molecular weight is 392 g/mol. The van der Waals surface area contributed by atoms with Crippen LogP contribution < -0.4 is 21.3 Å².